The van der Waals surface area contributed by atoms with E-state index in [-0.39, 0.29) is 11.9 Å². The molecule has 0 spiro atoms. The van der Waals surface area contributed by atoms with Gasteiger partial charge in [0.1, 0.15) is 12.3 Å². The van der Waals surface area contributed by atoms with Crippen molar-refractivity contribution >= 4 is 16.9 Å². The van der Waals surface area contributed by atoms with E-state index in [2.05, 4.69) is 24.3 Å². The van der Waals surface area contributed by atoms with Gasteiger partial charge in [0, 0.05) is 11.6 Å². The Balaban J connectivity index is 1.82. The number of pyridine rings is 1. The highest BCUT2D eigenvalue weighted by Gasteiger charge is 2.20. The summed E-state index contributed by atoms with van der Waals surface area (Å²) < 4.78 is 7.23. The molecular weight excluding hydrogens is 364 g/mol. The summed E-state index contributed by atoms with van der Waals surface area (Å²) in [5.74, 6) is 1.00. The third-order valence-corrected chi connectivity index (χ3v) is 5.17. The molecule has 3 heterocycles. The highest BCUT2D eigenvalue weighted by molar-refractivity contribution is 6.06. The quantitative estimate of drug-likeness (QED) is 0.527. The smallest absolute Gasteiger partial charge is 0.252 e. The van der Waals surface area contributed by atoms with Gasteiger partial charge in [-0.25, -0.2) is 9.67 Å². The molecule has 4 rings (SSSR count). The van der Waals surface area contributed by atoms with Crippen molar-refractivity contribution < 1.29 is 9.21 Å². The monoisotopic (exact) mass is 388 g/mol. The zero-order chi connectivity index (χ0) is 20.4. The van der Waals surface area contributed by atoms with Crippen LogP contribution in [0.1, 0.15) is 36.9 Å². The Morgan fingerprint density at radius 3 is 2.62 bits per heavy atom. The van der Waals surface area contributed by atoms with Gasteiger partial charge in [-0.2, -0.15) is 5.10 Å². The van der Waals surface area contributed by atoms with E-state index >= 15 is 0 Å². The molecule has 4 aromatic rings. The maximum atomic E-state index is 13.1. The first-order valence-electron chi connectivity index (χ1n) is 9.78. The molecule has 6 heteroatoms. The first-order valence-corrected chi connectivity index (χ1v) is 9.78. The molecule has 0 bridgehead atoms. The van der Waals surface area contributed by atoms with E-state index in [1.54, 1.807) is 17.1 Å². The molecule has 148 valence electrons. The lowest BCUT2D eigenvalue weighted by Gasteiger charge is -2.18. The summed E-state index contributed by atoms with van der Waals surface area (Å²) in [7, 11) is 0. The topological polar surface area (TPSA) is 73.0 Å². The van der Waals surface area contributed by atoms with Crippen LogP contribution in [-0.4, -0.2) is 26.7 Å². The van der Waals surface area contributed by atoms with E-state index in [0.717, 1.165) is 22.4 Å². The zero-order valence-electron chi connectivity index (χ0n) is 16.8. The van der Waals surface area contributed by atoms with Gasteiger partial charge in [0.2, 0.25) is 0 Å². The van der Waals surface area contributed by atoms with Crippen LogP contribution < -0.4 is 5.32 Å². The van der Waals surface area contributed by atoms with E-state index in [1.165, 1.54) is 0 Å². The van der Waals surface area contributed by atoms with Crippen LogP contribution in [0.4, 0.5) is 0 Å². The molecule has 0 fully saturated rings. The molecule has 29 heavy (non-hydrogen) atoms. The summed E-state index contributed by atoms with van der Waals surface area (Å²) in [6.07, 6.45) is 3.34. The number of amides is 1. The SMILES string of the molecule is CC(C)C(C)NC(=O)c1cc(-c2ccccc2)nc2c1cnn2Cc1ccco1. The normalized spacial score (nSPS) is 12.4. The first-order chi connectivity index (χ1) is 14.0. The Labute approximate surface area is 169 Å². The van der Waals surface area contributed by atoms with Crippen LogP contribution in [0.2, 0.25) is 0 Å². The number of benzene rings is 1. The molecule has 0 aliphatic carbocycles. The van der Waals surface area contributed by atoms with Crippen molar-refractivity contribution in [1.29, 1.82) is 0 Å². The number of carbonyl (C=O) groups excluding carboxylic acids is 1. The van der Waals surface area contributed by atoms with Gasteiger partial charge in [-0.3, -0.25) is 4.79 Å². The van der Waals surface area contributed by atoms with Gasteiger partial charge < -0.3 is 9.73 Å². The highest BCUT2D eigenvalue weighted by atomic mass is 16.3. The summed E-state index contributed by atoms with van der Waals surface area (Å²) in [5, 5.41) is 8.30. The maximum absolute atomic E-state index is 13.1. The molecule has 1 aromatic carbocycles. The highest BCUT2D eigenvalue weighted by Crippen LogP contribution is 2.25. The molecule has 0 aliphatic heterocycles. The van der Waals surface area contributed by atoms with Crippen molar-refractivity contribution in [3.8, 4) is 11.3 Å². The summed E-state index contributed by atoms with van der Waals surface area (Å²) in [6, 6.07) is 15.5. The zero-order valence-corrected chi connectivity index (χ0v) is 16.8. The van der Waals surface area contributed by atoms with E-state index in [4.69, 9.17) is 9.40 Å². The number of hydrogen-bond donors (Lipinski definition) is 1. The van der Waals surface area contributed by atoms with Gasteiger partial charge in [-0.05, 0) is 31.0 Å². The van der Waals surface area contributed by atoms with Gasteiger partial charge in [0.15, 0.2) is 5.65 Å². The van der Waals surface area contributed by atoms with E-state index in [0.29, 0.717) is 23.7 Å². The lowest BCUT2D eigenvalue weighted by Crippen LogP contribution is -2.36. The van der Waals surface area contributed by atoms with E-state index < -0.39 is 0 Å². The number of furan rings is 1. The minimum absolute atomic E-state index is 0.0593. The second-order valence-electron chi connectivity index (χ2n) is 7.55. The van der Waals surface area contributed by atoms with Crippen LogP contribution in [-0.2, 0) is 6.54 Å². The fourth-order valence-electron chi connectivity index (χ4n) is 3.11. The molecule has 0 radical (unpaired) electrons. The number of hydrogen-bond acceptors (Lipinski definition) is 4. The van der Waals surface area contributed by atoms with Crippen LogP contribution >= 0.6 is 0 Å². The van der Waals surface area contributed by atoms with Crippen LogP contribution in [0.25, 0.3) is 22.3 Å². The Hall–Kier alpha value is -3.41. The van der Waals surface area contributed by atoms with Crippen molar-refractivity contribution in [2.45, 2.75) is 33.4 Å². The van der Waals surface area contributed by atoms with Gasteiger partial charge in [-0.1, -0.05) is 44.2 Å². The van der Waals surface area contributed by atoms with Crippen LogP contribution in [0, 0.1) is 5.92 Å². The van der Waals surface area contributed by atoms with Gasteiger partial charge >= 0.3 is 0 Å². The standard InChI is InChI=1S/C23H24N4O2/c1-15(2)16(3)25-23(28)19-12-21(17-8-5-4-6-9-17)26-22-20(19)13-24-27(22)14-18-10-7-11-29-18/h4-13,15-16H,14H2,1-3H3,(H,25,28). The minimum atomic E-state index is -0.117. The molecule has 1 N–H and O–H groups in total. The fraction of sp³-hybridized carbons (Fsp3) is 0.261. The largest absolute Gasteiger partial charge is 0.467 e. The number of rotatable bonds is 6. The van der Waals surface area contributed by atoms with Gasteiger partial charge in [0.25, 0.3) is 5.91 Å². The van der Waals surface area contributed by atoms with Crippen molar-refractivity contribution in [3.63, 3.8) is 0 Å². The average Bonchev–Trinajstić information content (AvgIpc) is 3.38. The molecule has 6 nitrogen and oxygen atoms in total. The Kier molecular flexibility index (Phi) is 5.16. The summed E-state index contributed by atoms with van der Waals surface area (Å²) in [4.78, 5) is 17.9. The molecule has 1 amide bonds. The van der Waals surface area contributed by atoms with Crippen molar-refractivity contribution in [2.24, 2.45) is 5.92 Å². The molecule has 3 aromatic heterocycles. The Bertz CT molecular complexity index is 1110. The molecule has 0 saturated carbocycles. The van der Waals surface area contributed by atoms with Crippen molar-refractivity contribution in [3.05, 3.63) is 72.3 Å². The van der Waals surface area contributed by atoms with Crippen LogP contribution in [0.15, 0.2) is 65.4 Å². The summed E-state index contributed by atoms with van der Waals surface area (Å²) in [5.41, 5.74) is 2.92. The van der Waals surface area contributed by atoms with Crippen molar-refractivity contribution in [1.82, 2.24) is 20.1 Å². The number of aromatic nitrogens is 3. The molecule has 1 atom stereocenters. The number of carbonyl (C=O) groups is 1. The third kappa shape index (κ3) is 3.92. The summed E-state index contributed by atoms with van der Waals surface area (Å²) in [6.45, 7) is 6.64. The lowest BCUT2D eigenvalue weighted by molar-refractivity contribution is 0.0932. The predicted octanol–water partition coefficient (Wildman–Crippen LogP) is 4.51. The maximum Gasteiger partial charge on any atom is 0.252 e. The molecule has 1 unspecified atom stereocenters. The third-order valence-electron chi connectivity index (χ3n) is 5.17. The Morgan fingerprint density at radius 1 is 1.14 bits per heavy atom. The number of fused-ring (bicyclic) bond motifs is 1. The second-order valence-corrected chi connectivity index (χ2v) is 7.55. The minimum Gasteiger partial charge on any atom is -0.467 e. The molecule has 0 aliphatic rings. The second kappa shape index (κ2) is 7.91. The van der Waals surface area contributed by atoms with E-state index in [1.807, 2.05) is 55.5 Å². The molecular formula is C23H24N4O2. The van der Waals surface area contributed by atoms with Gasteiger partial charge in [-0.15, -0.1) is 0 Å². The van der Waals surface area contributed by atoms with Crippen LogP contribution in [0.3, 0.4) is 0 Å². The Morgan fingerprint density at radius 2 is 1.93 bits per heavy atom. The van der Waals surface area contributed by atoms with Crippen LogP contribution in [0.5, 0.6) is 0 Å². The number of nitrogens with zero attached hydrogens (tertiary/aromatic N) is 3. The first kappa shape index (κ1) is 18.9. The molecule has 0 saturated heterocycles. The summed E-state index contributed by atoms with van der Waals surface area (Å²) >= 11 is 0. The van der Waals surface area contributed by atoms with Gasteiger partial charge in [0.05, 0.1) is 29.1 Å². The van der Waals surface area contributed by atoms with E-state index in [9.17, 15) is 4.79 Å². The predicted molar refractivity (Wildman–Crippen MR) is 113 cm³/mol. The average molecular weight is 388 g/mol. The lowest BCUT2D eigenvalue weighted by atomic mass is 10.0. The fourth-order valence-corrected chi connectivity index (χ4v) is 3.11. The number of nitrogens with one attached hydrogen (secondary N) is 1. The van der Waals surface area contributed by atoms with Crippen molar-refractivity contribution in [2.75, 3.05) is 0 Å².